The Balaban J connectivity index is 0.000000165. The molecule has 2 heterocycles. The van der Waals surface area contributed by atoms with Gasteiger partial charge in [0.2, 0.25) is 0 Å². The molecule has 0 saturated carbocycles. The lowest BCUT2D eigenvalue weighted by atomic mass is 10.4. The van der Waals surface area contributed by atoms with Crippen molar-refractivity contribution in [2.24, 2.45) is 0 Å². The summed E-state index contributed by atoms with van der Waals surface area (Å²) in [5.74, 6) is -1.03. The van der Waals surface area contributed by atoms with Gasteiger partial charge in [0.15, 0.2) is 5.69 Å². The molecule has 82 valence electrons. The number of aromatic carboxylic acids is 1. The summed E-state index contributed by atoms with van der Waals surface area (Å²) in [5.41, 5.74) is 1.03. The largest absolute Gasteiger partial charge is 0.477 e. The first-order valence-corrected chi connectivity index (χ1v) is 4.42. The molecule has 6 nitrogen and oxygen atoms in total. The average Bonchev–Trinajstić information content (AvgIpc) is 2.32. The minimum Gasteiger partial charge on any atom is -0.477 e. The van der Waals surface area contributed by atoms with Gasteiger partial charge in [0, 0.05) is 18.1 Å². The van der Waals surface area contributed by atoms with Crippen LogP contribution in [0, 0.1) is 6.92 Å². The third kappa shape index (κ3) is 4.23. The van der Waals surface area contributed by atoms with Gasteiger partial charge in [-0.1, -0.05) is 0 Å². The third-order valence-electron chi connectivity index (χ3n) is 1.53. The summed E-state index contributed by atoms with van der Waals surface area (Å²) in [6.07, 6.45) is 5.84. The number of hydrogen-bond acceptors (Lipinski definition) is 5. The van der Waals surface area contributed by atoms with E-state index in [4.69, 9.17) is 5.11 Å². The number of rotatable bonds is 1. The second-order valence-corrected chi connectivity index (χ2v) is 2.75. The molecule has 16 heavy (non-hydrogen) atoms. The molecule has 0 saturated heterocycles. The van der Waals surface area contributed by atoms with Gasteiger partial charge in [0.1, 0.15) is 12.7 Å². The van der Waals surface area contributed by atoms with Crippen LogP contribution in [-0.2, 0) is 0 Å². The first-order chi connectivity index (χ1) is 7.70. The van der Waals surface area contributed by atoms with E-state index in [1.165, 1.54) is 24.9 Å². The monoisotopic (exact) mass is 218 g/mol. The molecule has 0 aliphatic heterocycles. The average molecular weight is 218 g/mol. The predicted octanol–water partition coefficient (Wildman–Crippen LogP) is 0.960. The van der Waals surface area contributed by atoms with Crippen molar-refractivity contribution in [3.05, 3.63) is 48.6 Å². The summed E-state index contributed by atoms with van der Waals surface area (Å²) in [6, 6.07) is 3.20. The highest BCUT2D eigenvalue weighted by Gasteiger charge is 1.99. The molecule has 2 aromatic rings. The topological polar surface area (TPSA) is 88.9 Å². The molecule has 2 aromatic heterocycles. The summed E-state index contributed by atoms with van der Waals surface area (Å²) < 4.78 is 0. The Kier molecular flexibility index (Phi) is 4.52. The summed E-state index contributed by atoms with van der Waals surface area (Å²) in [5, 5.41) is 8.29. The van der Waals surface area contributed by atoms with Gasteiger partial charge in [-0.15, -0.1) is 0 Å². The molecule has 0 aliphatic carbocycles. The Morgan fingerprint density at radius 3 is 2.00 bits per heavy atom. The zero-order chi connectivity index (χ0) is 11.8. The van der Waals surface area contributed by atoms with E-state index in [0.29, 0.717) is 0 Å². The van der Waals surface area contributed by atoms with Gasteiger partial charge < -0.3 is 5.11 Å². The zero-order valence-electron chi connectivity index (χ0n) is 8.61. The van der Waals surface area contributed by atoms with E-state index in [-0.39, 0.29) is 5.69 Å². The number of carbonyl (C=O) groups is 1. The fraction of sp³-hybridized carbons (Fsp3) is 0.100. The van der Waals surface area contributed by atoms with Crippen LogP contribution in [0.5, 0.6) is 0 Å². The van der Waals surface area contributed by atoms with Crippen molar-refractivity contribution in [2.75, 3.05) is 0 Å². The van der Waals surface area contributed by atoms with Gasteiger partial charge in [0.25, 0.3) is 0 Å². The van der Waals surface area contributed by atoms with Crippen LogP contribution in [0.2, 0.25) is 0 Å². The molecule has 0 spiro atoms. The number of aryl methyl sites for hydroxylation is 1. The lowest BCUT2D eigenvalue weighted by molar-refractivity contribution is 0.0690. The van der Waals surface area contributed by atoms with E-state index < -0.39 is 5.97 Å². The van der Waals surface area contributed by atoms with Crippen molar-refractivity contribution < 1.29 is 9.90 Å². The highest BCUT2D eigenvalue weighted by atomic mass is 16.4. The molecular formula is C10H10N4O2. The summed E-state index contributed by atoms with van der Waals surface area (Å²) >= 11 is 0. The Labute approximate surface area is 92.1 Å². The molecule has 0 fully saturated rings. The molecule has 0 atom stereocenters. The fourth-order valence-corrected chi connectivity index (χ4v) is 0.774. The van der Waals surface area contributed by atoms with E-state index in [9.17, 15) is 4.79 Å². The van der Waals surface area contributed by atoms with Crippen LogP contribution in [0.3, 0.4) is 0 Å². The minimum absolute atomic E-state index is 0.0185. The third-order valence-corrected chi connectivity index (χ3v) is 1.53. The van der Waals surface area contributed by atoms with Gasteiger partial charge in [0.05, 0.1) is 0 Å². The second kappa shape index (κ2) is 6.18. The second-order valence-electron chi connectivity index (χ2n) is 2.75. The fourth-order valence-electron chi connectivity index (χ4n) is 0.774. The van der Waals surface area contributed by atoms with Gasteiger partial charge in [-0.25, -0.2) is 24.7 Å². The first-order valence-electron chi connectivity index (χ1n) is 4.42. The summed E-state index contributed by atoms with van der Waals surface area (Å²) in [4.78, 5) is 24.7. The van der Waals surface area contributed by atoms with E-state index in [2.05, 4.69) is 19.9 Å². The van der Waals surface area contributed by atoms with Gasteiger partial charge in [-0.3, -0.25) is 0 Å². The van der Waals surface area contributed by atoms with Crippen molar-refractivity contribution >= 4 is 5.97 Å². The van der Waals surface area contributed by atoms with E-state index in [1.807, 2.05) is 13.0 Å². The number of carboxylic acid groups (broad SMARTS) is 1. The van der Waals surface area contributed by atoms with E-state index in [0.717, 1.165) is 5.69 Å². The molecule has 0 unspecified atom stereocenters. The minimum atomic E-state index is -1.03. The highest BCUT2D eigenvalue weighted by molar-refractivity contribution is 5.84. The van der Waals surface area contributed by atoms with Crippen molar-refractivity contribution in [2.45, 2.75) is 6.92 Å². The van der Waals surface area contributed by atoms with Crippen molar-refractivity contribution in [3.8, 4) is 0 Å². The maximum atomic E-state index is 10.1. The zero-order valence-corrected chi connectivity index (χ0v) is 8.61. The molecular weight excluding hydrogens is 208 g/mol. The van der Waals surface area contributed by atoms with Crippen LogP contribution in [0.15, 0.2) is 37.2 Å². The standard InChI is InChI=1S/C5H4N2O2.C5H6N2/c8-5(9)4-1-2-6-3-7-4;1-5-2-3-6-4-7-5/h1-3H,(H,8,9);2-4H,1H3. The van der Waals surface area contributed by atoms with Crippen LogP contribution < -0.4 is 0 Å². The van der Waals surface area contributed by atoms with Gasteiger partial charge in [-0.2, -0.15) is 0 Å². The molecule has 0 aliphatic rings. The number of hydrogen-bond donors (Lipinski definition) is 1. The molecule has 6 heteroatoms. The lowest BCUT2D eigenvalue weighted by Gasteiger charge is -1.86. The quantitative estimate of drug-likeness (QED) is 0.766. The Morgan fingerprint density at radius 2 is 1.75 bits per heavy atom. The molecule has 0 bridgehead atoms. The number of nitrogens with zero attached hydrogens (tertiary/aromatic N) is 4. The van der Waals surface area contributed by atoms with Gasteiger partial charge in [-0.05, 0) is 19.1 Å². The Morgan fingerprint density at radius 1 is 1.12 bits per heavy atom. The van der Waals surface area contributed by atoms with Crippen LogP contribution in [-0.4, -0.2) is 31.0 Å². The Bertz CT molecular complexity index is 433. The molecule has 0 radical (unpaired) electrons. The van der Waals surface area contributed by atoms with Crippen LogP contribution in [0.25, 0.3) is 0 Å². The molecule has 1 N–H and O–H groups in total. The molecule has 2 rings (SSSR count). The number of carboxylic acids is 1. The highest BCUT2D eigenvalue weighted by Crippen LogP contribution is 1.87. The predicted molar refractivity (Wildman–Crippen MR) is 55.8 cm³/mol. The van der Waals surface area contributed by atoms with Crippen LogP contribution in [0.4, 0.5) is 0 Å². The van der Waals surface area contributed by atoms with Crippen LogP contribution in [0.1, 0.15) is 16.2 Å². The maximum Gasteiger partial charge on any atom is 0.354 e. The van der Waals surface area contributed by atoms with Gasteiger partial charge >= 0.3 is 5.97 Å². The summed E-state index contributed by atoms with van der Waals surface area (Å²) in [6.45, 7) is 1.93. The first kappa shape index (κ1) is 11.7. The Hall–Kier alpha value is -2.37. The van der Waals surface area contributed by atoms with Crippen molar-refractivity contribution in [1.29, 1.82) is 0 Å². The van der Waals surface area contributed by atoms with Crippen LogP contribution >= 0.6 is 0 Å². The van der Waals surface area contributed by atoms with Crippen molar-refractivity contribution in [1.82, 2.24) is 19.9 Å². The SMILES string of the molecule is Cc1ccncn1.O=C(O)c1ccncn1. The summed E-state index contributed by atoms with van der Waals surface area (Å²) in [7, 11) is 0. The smallest absolute Gasteiger partial charge is 0.354 e. The molecule has 0 aromatic carbocycles. The maximum absolute atomic E-state index is 10.1. The van der Waals surface area contributed by atoms with E-state index in [1.54, 1.807) is 6.20 Å². The van der Waals surface area contributed by atoms with Crippen molar-refractivity contribution in [3.63, 3.8) is 0 Å². The lowest BCUT2D eigenvalue weighted by Crippen LogP contribution is -1.98. The number of aromatic nitrogens is 4. The normalized spacial score (nSPS) is 8.81. The van der Waals surface area contributed by atoms with E-state index >= 15 is 0 Å². The molecule has 0 amide bonds.